The molecule has 0 radical (unpaired) electrons. The van der Waals surface area contributed by atoms with Crippen LogP contribution in [-0.4, -0.2) is 34.3 Å². The van der Waals surface area contributed by atoms with Crippen LogP contribution in [0.25, 0.3) is 22.6 Å². The van der Waals surface area contributed by atoms with E-state index >= 15 is 0 Å². The molecule has 3 aromatic rings. The van der Waals surface area contributed by atoms with Crippen molar-refractivity contribution in [1.29, 1.82) is 0 Å². The van der Waals surface area contributed by atoms with Crippen LogP contribution in [-0.2, 0) is 6.54 Å². The van der Waals surface area contributed by atoms with E-state index in [0.717, 1.165) is 17.6 Å². The van der Waals surface area contributed by atoms with Crippen LogP contribution in [0, 0.1) is 5.92 Å². The lowest BCUT2D eigenvalue weighted by atomic mass is 10.1. The number of allylic oxidation sites excluding steroid dienone is 1. The summed E-state index contributed by atoms with van der Waals surface area (Å²) in [6.45, 7) is 5.47. The molecule has 0 aliphatic carbocycles. The third-order valence-electron chi connectivity index (χ3n) is 5.58. The van der Waals surface area contributed by atoms with E-state index in [1.165, 1.54) is 18.2 Å². The number of carboxylic acid groups (broad SMARTS) is 1. The van der Waals surface area contributed by atoms with Crippen LogP contribution in [0.4, 0.5) is 0 Å². The van der Waals surface area contributed by atoms with E-state index in [0.29, 0.717) is 53.7 Å². The topological polar surface area (TPSA) is 90.7 Å². The fourth-order valence-corrected chi connectivity index (χ4v) is 3.79. The van der Waals surface area contributed by atoms with Crippen molar-refractivity contribution in [1.82, 2.24) is 9.55 Å². The largest absolute Gasteiger partial charge is 0.493 e. The van der Waals surface area contributed by atoms with Gasteiger partial charge in [-0.2, -0.15) is 0 Å². The Kier molecular flexibility index (Phi) is 5.99. The SMILES string of the molecule is COc1cc(C=C2CCn3c2nc2cc(C(=O)O)ccc2c3=O)ccc1OCCC(C)C. The molecule has 0 saturated heterocycles. The second kappa shape index (κ2) is 8.86. The van der Waals surface area contributed by atoms with Gasteiger partial charge in [0, 0.05) is 6.54 Å². The van der Waals surface area contributed by atoms with Gasteiger partial charge in [0.15, 0.2) is 11.5 Å². The van der Waals surface area contributed by atoms with Gasteiger partial charge in [-0.3, -0.25) is 9.36 Å². The molecule has 1 aliphatic heterocycles. The van der Waals surface area contributed by atoms with E-state index in [-0.39, 0.29) is 11.1 Å². The average molecular weight is 434 g/mol. The molecule has 166 valence electrons. The molecule has 0 atom stereocenters. The van der Waals surface area contributed by atoms with Gasteiger partial charge in [-0.25, -0.2) is 9.78 Å². The van der Waals surface area contributed by atoms with Crippen LogP contribution >= 0.6 is 0 Å². The number of fused-ring (bicyclic) bond motifs is 2. The molecule has 2 heterocycles. The molecular formula is C25H26N2O5. The number of carbonyl (C=O) groups is 1. The Hall–Kier alpha value is -3.61. The lowest BCUT2D eigenvalue weighted by molar-refractivity contribution is 0.0697. The molecule has 0 unspecified atom stereocenters. The number of hydrogen-bond donors (Lipinski definition) is 1. The Labute approximate surface area is 185 Å². The number of methoxy groups -OCH3 is 1. The van der Waals surface area contributed by atoms with Gasteiger partial charge in [-0.15, -0.1) is 0 Å². The molecular weight excluding hydrogens is 408 g/mol. The Morgan fingerprint density at radius 1 is 1.22 bits per heavy atom. The first-order valence-corrected chi connectivity index (χ1v) is 10.7. The summed E-state index contributed by atoms with van der Waals surface area (Å²) in [4.78, 5) is 28.8. The first-order chi connectivity index (χ1) is 15.4. The van der Waals surface area contributed by atoms with Crippen LogP contribution in [0.3, 0.4) is 0 Å². The fourth-order valence-electron chi connectivity index (χ4n) is 3.79. The molecule has 0 fully saturated rings. The molecule has 1 N–H and O–H groups in total. The maximum Gasteiger partial charge on any atom is 0.335 e. The summed E-state index contributed by atoms with van der Waals surface area (Å²) in [5.74, 6) is 1.43. The highest BCUT2D eigenvalue weighted by atomic mass is 16.5. The number of rotatable bonds is 7. The van der Waals surface area contributed by atoms with Gasteiger partial charge in [0.1, 0.15) is 5.82 Å². The van der Waals surface area contributed by atoms with Crippen molar-refractivity contribution in [2.75, 3.05) is 13.7 Å². The molecule has 0 saturated carbocycles. The Bertz CT molecular complexity index is 1270. The van der Waals surface area contributed by atoms with Gasteiger partial charge < -0.3 is 14.6 Å². The minimum atomic E-state index is -1.05. The minimum Gasteiger partial charge on any atom is -0.493 e. The van der Waals surface area contributed by atoms with Crippen LogP contribution in [0.1, 0.15) is 48.4 Å². The molecule has 0 bridgehead atoms. The van der Waals surface area contributed by atoms with Gasteiger partial charge in [-0.1, -0.05) is 19.9 Å². The number of benzene rings is 2. The predicted octanol–water partition coefficient (Wildman–Crippen LogP) is 4.47. The van der Waals surface area contributed by atoms with Crippen LogP contribution < -0.4 is 15.0 Å². The molecule has 7 heteroatoms. The van der Waals surface area contributed by atoms with Crippen molar-refractivity contribution in [2.45, 2.75) is 33.2 Å². The van der Waals surface area contributed by atoms with E-state index < -0.39 is 5.97 Å². The van der Waals surface area contributed by atoms with Crippen LogP contribution in [0.2, 0.25) is 0 Å². The van der Waals surface area contributed by atoms with Crippen molar-refractivity contribution >= 4 is 28.5 Å². The summed E-state index contributed by atoms with van der Waals surface area (Å²) in [6.07, 6.45) is 3.61. The Morgan fingerprint density at radius 2 is 2.03 bits per heavy atom. The van der Waals surface area contributed by atoms with E-state index in [9.17, 15) is 14.7 Å². The number of aromatic carboxylic acids is 1. The molecule has 0 spiro atoms. The normalized spacial score (nSPS) is 14.2. The maximum absolute atomic E-state index is 12.9. The summed E-state index contributed by atoms with van der Waals surface area (Å²) in [5, 5.41) is 9.68. The Morgan fingerprint density at radius 3 is 2.75 bits per heavy atom. The van der Waals surface area contributed by atoms with Crippen molar-refractivity contribution in [3.05, 3.63) is 63.7 Å². The van der Waals surface area contributed by atoms with Crippen LogP contribution in [0.5, 0.6) is 11.5 Å². The second-order valence-corrected chi connectivity index (χ2v) is 8.29. The quantitative estimate of drug-likeness (QED) is 0.590. The summed E-state index contributed by atoms with van der Waals surface area (Å²) < 4.78 is 13.0. The molecule has 7 nitrogen and oxygen atoms in total. The van der Waals surface area contributed by atoms with E-state index in [2.05, 4.69) is 18.8 Å². The van der Waals surface area contributed by atoms with Crippen molar-refractivity contribution < 1.29 is 19.4 Å². The third-order valence-corrected chi connectivity index (χ3v) is 5.58. The second-order valence-electron chi connectivity index (χ2n) is 8.29. The van der Waals surface area contributed by atoms with E-state index in [1.807, 2.05) is 24.3 Å². The highest BCUT2D eigenvalue weighted by molar-refractivity contribution is 5.93. The van der Waals surface area contributed by atoms with Gasteiger partial charge in [-0.05, 0) is 66.3 Å². The lowest BCUT2D eigenvalue weighted by Crippen LogP contribution is -2.21. The zero-order valence-corrected chi connectivity index (χ0v) is 18.4. The van der Waals surface area contributed by atoms with Crippen molar-refractivity contribution in [2.24, 2.45) is 5.92 Å². The average Bonchev–Trinajstić information content (AvgIpc) is 3.16. The van der Waals surface area contributed by atoms with Gasteiger partial charge >= 0.3 is 5.97 Å². The number of ether oxygens (including phenoxy) is 2. The molecule has 32 heavy (non-hydrogen) atoms. The summed E-state index contributed by atoms with van der Waals surface area (Å²) in [5.41, 5.74) is 2.17. The molecule has 2 aromatic carbocycles. The predicted molar refractivity (Wildman–Crippen MR) is 123 cm³/mol. The monoisotopic (exact) mass is 434 g/mol. The molecule has 1 aromatic heterocycles. The molecule has 0 amide bonds. The zero-order chi connectivity index (χ0) is 22.8. The Balaban J connectivity index is 1.69. The zero-order valence-electron chi connectivity index (χ0n) is 18.4. The van der Waals surface area contributed by atoms with Crippen molar-refractivity contribution in [3.8, 4) is 11.5 Å². The number of carboxylic acids is 1. The van der Waals surface area contributed by atoms with Gasteiger partial charge in [0.2, 0.25) is 0 Å². The first-order valence-electron chi connectivity index (χ1n) is 10.7. The fraction of sp³-hybridized carbons (Fsp3) is 0.320. The summed E-state index contributed by atoms with van der Waals surface area (Å²) in [7, 11) is 1.61. The van der Waals surface area contributed by atoms with Crippen molar-refractivity contribution in [3.63, 3.8) is 0 Å². The molecule has 4 rings (SSSR count). The molecule has 1 aliphatic rings. The minimum absolute atomic E-state index is 0.107. The maximum atomic E-state index is 12.9. The number of aromatic nitrogens is 2. The number of hydrogen-bond acceptors (Lipinski definition) is 5. The standard InChI is InChI=1S/C25H26N2O5/c1-15(2)9-11-32-21-7-4-16(13-22(21)31-3)12-17-8-10-27-23(17)26-20-14-18(25(29)30)5-6-19(20)24(27)28/h4-7,12-15H,8-11H2,1-3H3,(H,29,30). The summed E-state index contributed by atoms with van der Waals surface area (Å²) >= 11 is 0. The highest BCUT2D eigenvalue weighted by Gasteiger charge is 2.21. The van der Waals surface area contributed by atoms with E-state index in [4.69, 9.17) is 9.47 Å². The summed E-state index contributed by atoms with van der Waals surface area (Å²) in [6, 6.07) is 10.2. The number of nitrogens with zero attached hydrogens (tertiary/aromatic N) is 2. The smallest absolute Gasteiger partial charge is 0.335 e. The van der Waals surface area contributed by atoms with E-state index in [1.54, 1.807) is 11.7 Å². The lowest BCUT2D eigenvalue weighted by Gasteiger charge is -2.12. The third kappa shape index (κ3) is 4.23. The highest BCUT2D eigenvalue weighted by Crippen LogP contribution is 2.32. The first kappa shape index (κ1) is 21.6. The van der Waals surface area contributed by atoms with Gasteiger partial charge in [0.05, 0.1) is 30.2 Å². The van der Waals surface area contributed by atoms with Crippen LogP contribution in [0.15, 0.2) is 41.2 Å². The van der Waals surface area contributed by atoms with Gasteiger partial charge in [0.25, 0.3) is 5.56 Å².